The second-order valence-corrected chi connectivity index (χ2v) is 6.22. The van der Waals surface area contributed by atoms with Gasteiger partial charge in [0.1, 0.15) is 5.75 Å². The van der Waals surface area contributed by atoms with Crippen LogP contribution in [-0.2, 0) is 11.2 Å². The molecule has 0 aliphatic carbocycles. The summed E-state index contributed by atoms with van der Waals surface area (Å²) in [6, 6.07) is 18.0. The fraction of sp³-hybridized carbons (Fsp3) is 0.143. The molecule has 0 unspecified atom stereocenters. The topological polar surface area (TPSA) is 66.5 Å². The van der Waals surface area contributed by atoms with Crippen molar-refractivity contribution in [3.63, 3.8) is 0 Å². The first-order valence-corrected chi connectivity index (χ1v) is 8.52. The Morgan fingerprint density at radius 1 is 1.08 bits per heavy atom. The zero-order chi connectivity index (χ0) is 17.9. The van der Waals surface area contributed by atoms with Crippen molar-refractivity contribution in [2.45, 2.75) is 12.8 Å². The highest BCUT2D eigenvalue weighted by atomic mass is 16.5. The van der Waals surface area contributed by atoms with E-state index in [2.05, 4.69) is 27.6 Å². The van der Waals surface area contributed by atoms with Crippen molar-refractivity contribution in [1.82, 2.24) is 10.4 Å². The summed E-state index contributed by atoms with van der Waals surface area (Å²) >= 11 is 0. The van der Waals surface area contributed by atoms with Crippen LogP contribution in [0, 0.1) is 0 Å². The average Bonchev–Trinajstić information content (AvgIpc) is 3.24. The number of benzene rings is 2. The first-order chi connectivity index (χ1) is 12.7. The normalized spacial score (nSPS) is 15.3. The van der Waals surface area contributed by atoms with E-state index in [9.17, 15) is 4.79 Å². The highest BCUT2D eigenvalue weighted by Gasteiger charge is 2.22. The number of rotatable bonds is 5. The van der Waals surface area contributed by atoms with Crippen LogP contribution in [0.4, 0.5) is 0 Å². The number of hydrogen-bond acceptors (Lipinski definition) is 3. The summed E-state index contributed by atoms with van der Waals surface area (Å²) in [7, 11) is 1.65. The van der Waals surface area contributed by atoms with Gasteiger partial charge >= 0.3 is 0 Å². The van der Waals surface area contributed by atoms with Crippen LogP contribution >= 0.6 is 0 Å². The quantitative estimate of drug-likeness (QED) is 0.693. The maximum absolute atomic E-state index is 12.2. The summed E-state index contributed by atoms with van der Waals surface area (Å²) in [6.07, 6.45) is 3.41. The van der Waals surface area contributed by atoms with Crippen molar-refractivity contribution >= 4 is 28.6 Å². The molecule has 0 radical (unpaired) electrons. The van der Waals surface area contributed by atoms with Gasteiger partial charge in [0.25, 0.3) is 5.91 Å². The maximum atomic E-state index is 12.2. The SMILES string of the molecule is COc1ccc2[nH]c(/C=C3\C(=O)NN=C3CCc3ccccc3)cc2c1. The van der Waals surface area contributed by atoms with Gasteiger partial charge in [-0.3, -0.25) is 4.79 Å². The van der Waals surface area contributed by atoms with Crippen LogP contribution in [0.2, 0.25) is 0 Å². The molecule has 5 nitrogen and oxygen atoms in total. The molecule has 0 spiro atoms. The number of hydrazone groups is 1. The Balaban J connectivity index is 1.58. The van der Waals surface area contributed by atoms with Crippen molar-refractivity contribution in [2.75, 3.05) is 7.11 Å². The van der Waals surface area contributed by atoms with Crippen molar-refractivity contribution in [2.24, 2.45) is 5.10 Å². The smallest absolute Gasteiger partial charge is 0.273 e. The van der Waals surface area contributed by atoms with Gasteiger partial charge in [-0.1, -0.05) is 30.3 Å². The van der Waals surface area contributed by atoms with E-state index in [0.29, 0.717) is 12.0 Å². The molecular formula is C21H19N3O2. The number of H-pyrrole nitrogens is 1. The second-order valence-electron chi connectivity index (χ2n) is 6.22. The number of aromatic nitrogens is 1. The summed E-state index contributed by atoms with van der Waals surface area (Å²) in [5.74, 6) is 0.642. The molecule has 26 heavy (non-hydrogen) atoms. The van der Waals surface area contributed by atoms with Crippen LogP contribution in [0.15, 0.2) is 65.3 Å². The number of ether oxygens (including phenoxy) is 1. The lowest BCUT2D eigenvalue weighted by Gasteiger charge is -2.02. The van der Waals surface area contributed by atoms with Gasteiger partial charge in [0, 0.05) is 16.6 Å². The Labute approximate surface area is 151 Å². The standard InChI is InChI=1S/C21H19N3O2/c1-26-17-8-10-19-15(12-17)11-16(22-19)13-18-20(23-24-21(18)25)9-7-14-5-3-2-4-6-14/h2-6,8,10-13,22H,7,9H2,1H3,(H,24,25)/b18-13-. The Morgan fingerprint density at radius 2 is 1.92 bits per heavy atom. The van der Waals surface area contributed by atoms with E-state index in [1.54, 1.807) is 7.11 Å². The van der Waals surface area contributed by atoms with Gasteiger partial charge in [-0.05, 0) is 48.7 Å². The maximum Gasteiger partial charge on any atom is 0.273 e. The van der Waals surface area contributed by atoms with E-state index in [4.69, 9.17) is 4.74 Å². The van der Waals surface area contributed by atoms with Crippen LogP contribution < -0.4 is 10.2 Å². The molecule has 1 aliphatic rings. The molecule has 1 aromatic heterocycles. The van der Waals surface area contributed by atoms with E-state index < -0.39 is 0 Å². The van der Waals surface area contributed by atoms with Crippen LogP contribution in [0.1, 0.15) is 17.7 Å². The van der Waals surface area contributed by atoms with Gasteiger partial charge in [-0.2, -0.15) is 5.10 Å². The van der Waals surface area contributed by atoms with Crippen LogP contribution in [0.5, 0.6) is 5.75 Å². The predicted octanol–water partition coefficient (Wildman–Crippen LogP) is 3.68. The fourth-order valence-electron chi connectivity index (χ4n) is 3.11. The molecule has 0 bridgehead atoms. The monoisotopic (exact) mass is 345 g/mol. The minimum Gasteiger partial charge on any atom is -0.497 e. The molecule has 0 saturated carbocycles. The molecule has 130 valence electrons. The molecule has 0 saturated heterocycles. The molecule has 5 heteroatoms. The first kappa shape index (κ1) is 16.1. The van der Waals surface area contributed by atoms with Gasteiger partial charge in [0.2, 0.25) is 0 Å². The third kappa shape index (κ3) is 3.24. The third-order valence-corrected chi connectivity index (χ3v) is 4.49. The number of carbonyl (C=O) groups excluding carboxylic acids is 1. The van der Waals surface area contributed by atoms with E-state index in [0.717, 1.165) is 34.5 Å². The molecule has 0 atom stereocenters. The zero-order valence-corrected chi connectivity index (χ0v) is 14.5. The summed E-state index contributed by atoms with van der Waals surface area (Å²) in [5, 5.41) is 5.24. The fourth-order valence-corrected chi connectivity index (χ4v) is 3.11. The van der Waals surface area contributed by atoms with Crippen LogP contribution in [-0.4, -0.2) is 23.7 Å². The van der Waals surface area contributed by atoms with E-state index in [1.165, 1.54) is 5.56 Å². The minimum absolute atomic E-state index is 0.163. The van der Waals surface area contributed by atoms with Crippen LogP contribution in [0.3, 0.4) is 0 Å². The summed E-state index contributed by atoms with van der Waals surface area (Å²) in [4.78, 5) is 15.5. The predicted molar refractivity (Wildman–Crippen MR) is 103 cm³/mol. The van der Waals surface area contributed by atoms with Crippen molar-refractivity contribution in [3.05, 3.63) is 71.4 Å². The number of fused-ring (bicyclic) bond motifs is 1. The molecule has 2 N–H and O–H groups in total. The lowest BCUT2D eigenvalue weighted by atomic mass is 10.0. The number of carbonyl (C=O) groups is 1. The number of methoxy groups -OCH3 is 1. The zero-order valence-electron chi connectivity index (χ0n) is 14.5. The first-order valence-electron chi connectivity index (χ1n) is 8.52. The van der Waals surface area contributed by atoms with Crippen LogP contribution in [0.25, 0.3) is 17.0 Å². The number of aromatic amines is 1. The van der Waals surface area contributed by atoms with Gasteiger partial charge in [0.15, 0.2) is 0 Å². The number of nitrogens with one attached hydrogen (secondary N) is 2. The molecule has 0 fully saturated rings. The van der Waals surface area contributed by atoms with Gasteiger partial charge in [-0.25, -0.2) is 5.43 Å². The molecule has 2 heterocycles. The molecule has 1 aliphatic heterocycles. The minimum atomic E-state index is -0.163. The second kappa shape index (κ2) is 6.88. The molecular weight excluding hydrogens is 326 g/mol. The third-order valence-electron chi connectivity index (χ3n) is 4.49. The van der Waals surface area contributed by atoms with Gasteiger partial charge in [-0.15, -0.1) is 0 Å². The Hall–Kier alpha value is -3.34. The van der Waals surface area contributed by atoms with Gasteiger partial charge in [0.05, 0.1) is 18.4 Å². The molecule has 1 amide bonds. The highest BCUT2D eigenvalue weighted by Crippen LogP contribution is 2.23. The number of amides is 1. The summed E-state index contributed by atoms with van der Waals surface area (Å²) in [5.41, 5.74) is 7.07. The molecule has 4 rings (SSSR count). The van der Waals surface area contributed by atoms with E-state index in [1.807, 2.05) is 48.5 Å². The van der Waals surface area contributed by atoms with E-state index >= 15 is 0 Å². The van der Waals surface area contributed by atoms with Crippen molar-refractivity contribution in [1.29, 1.82) is 0 Å². The summed E-state index contributed by atoms with van der Waals surface area (Å²) < 4.78 is 5.26. The number of hydrogen-bond donors (Lipinski definition) is 2. The lowest BCUT2D eigenvalue weighted by Crippen LogP contribution is -2.13. The van der Waals surface area contributed by atoms with Gasteiger partial charge < -0.3 is 9.72 Å². The number of aryl methyl sites for hydroxylation is 1. The van der Waals surface area contributed by atoms with Crippen molar-refractivity contribution < 1.29 is 9.53 Å². The highest BCUT2D eigenvalue weighted by molar-refractivity contribution is 6.27. The molecule has 3 aromatic rings. The molecule has 2 aromatic carbocycles. The summed E-state index contributed by atoms with van der Waals surface area (Å²) in [6.45, 7) is 0. The lowest BCUT2D eigenvalue weighted by molar-refractivity contribution is -0.116. The Bertz CT molecular complexity index is 1020. The number of nitrogens with zero attached hydrogens (tertiary/aromatic N) is 1. The Kier molecular flexibility index (Phi) is 4.27. The largest absolute Gasteiger partial charge is 0.497 e. The van der Waals surface area contributed by atoms with E-state index in [-0.39, 0.29) is 5.91 Å². The Morgan fingerprint density at radius 3 is 2.73 bits per heavy atom. The van der Waals surface area contributed by atoms with Crippen molar-refractivity contribution in [3.8, 4) is 5.75 Å². The average molecular weight is 345 g/mol.